The number of nitrogens with one attached hydrogen (secondary N) is 3. The van der Waals surface area contributed by atoms with Gasteiger partial charge in [0.15, 0.2) is 11.0 Å². The number of nitrogens with two attached hydrogens (primary N) is 2. The number of para-hydroxylation sites is 1. The molecule has 0 spiro atoms. The van der Waals surface area contributed by atoms with Crippen molar-refractivity contribution in [1.29, 1.82) is 0 Å². The van der Waals surface area contributed by atoms with Crippen molar-refractivity contribution in [1.82, 2.24) is 25.9 Å². The summed E-state index contributed by atoms with van der Waals surface area (Å²) in [6.07, 6.45) is 1.53. The van der Waals surface area contributed by atoms with Crippen LogP contribution >= 0.6 is 22.7 Å². The summed E-state index contributed by atoms with van der Waals surface area (Å²) in [5.41, 5.74) is 14.9. The number of thiazole rings is 2. The molecule has 3 atom stereocenters. The van der Waals surface area contributed by atoms with Crippen LogP contribution in [0.5, 0.6) is 0 Å². The Morgan fingerprint density at radius 3 is 2.34 bits per heavy atom. The Hall–Kier alpha value is -4.69. The van der Waals surface area contributed by atoms with Crippen molar-refractivity contribution in [2.75, 3.05) is 6.54 Å². The van der Waals surface area contributed by atoms with Gasteiger partial charge in [-0.2, -0.15) is 0 Å². The molecule has 12 nitrogen and oxygen atoms in total. The van der Waals surface area contributed by atoms with E-state index in [-0.39, 0.29) is 54.4 Å². The molecule has 4 rings (SSSR count). The molecule has 0 saturated heterocycles. The van der Waals surface area contributed by atoms with Crippen molar-refractivity contribution < 1.29 is 19.2 Å². The maximum atomic E-state index is 13.7. The number of aryl methyl sites for hydroxylation is 1. The topological polar surface area (TPSA) is 195 Å². The van der Waals surface area contributed by atoms with E-state index in [9.17, 15) is 19.2 Å². The van der Waals surface area contributed by atoms with Gasteiger partial charge in [-0.05, 0) is 42.9 Å². The number of hydrogen-bond donors (Lipinski definition) is 5. The van der Waals surface area contributed by atoms with Crippen molar-refractivity contribution in [2.45, 2.75) is 64.1 Å². The minimum Gasteiger partial charge on any atom is -0.370 e. The molecule has 3 unspecified atom stereocenters. The number of guanidine groups is 1. The van der Waals surface area contributed by atoms with Crippen molar-refractivity contribution >= 4 is 62.4 Å². The van der Waals surface area contributed by atoms with Crippen LogP contribution in [0.1, 0.15) is 54.2 Å². The molecule has 2 heterocycles. The van der Waals surface area contributed by atoms with E-state index in [1.165, 1.54) is 22.7 Å². The average molecular weight is 677 g/mol. The lowest BCUT2D eigenvalue weighted by molar-refractivity contribution is -0.133. The molecule has 0 bridgehead atoms. The van der Waals surface area contributed by atoms with Gasteiger partial charge in [-0.3, -0.25) is 24.2 Å². The quantitative estimate of drug-likeness (QED) is 0.0487. The van der Waals surface area contributed by atoms with Crippen LogP contribution in [0.3, 0.4) is 0 Å². The Kier molecular flexibility index (Phi) is 12.9. The third-order valence-corrected chi connectivity index (χ3v) is 9.05. The second-order valence-electron chi connectivity index (χ2n) is 11.4. The number of aromatic nitrogens is 2. The summed E-state index contributed by atoms with van der Waals surface area (Å²) < 4.78 is 0.853. The van der Waals surface area contributed by atoms with Gasteiger partial charge in [0.25, 0.3) is 0 Å². The summed E-state index contributed by atoms with van der Waals surface area (Å²) in [5.74, 6) is -2.10. The fourth-order valence-electron chi connectivity index (χ4n) is 4.88. The zero-order valence-corrected chi connectivity index (χ0v) is 28.0. The molecular formula is C33H40N8O4S2. The maximum absolute atomic E-state index is 13.7. The molecule has 7 N–H and O–H groups in total. The standard InChI is InChI=1S/C33H40N8O4S2/c1-20(2)28(41-30(44)25(17-22-18-46-19-37-22)38-27(42)15-14-21-9-4-3-5-10-21)31(45)39-24(12-8-16-36-33(34)35)29(43)32-40-23-11-6-7-13-26(23)47-32/h3-7,9-11,13,18-20,24-25,28H,8,12,14-17H2,1-2H3,(H,38,42)(H,39,45)(H,41,44)(H4,34,35,36). The summed E-state index contributed by atoms with van der Waals surface area (Å²) in [5, 5.41) is 10.6. The van der Waals surface area contributed by atoms with E-state index < -0.39 is 29.9 Å². The fourth-order valence-corrected chi connectivity index (χ4v) is 6.41. The van der Waals surface area contributed by atoms with Gasteiger partial charge in [-0.15, -0.1) is 22.7 Å². The molecular weight excluding hydrogens is 637 g/mol. The monoisotopic (exact) mass is 676 g/mol. The van der Waals surface area contributed by atoms with Crippen LogP contribution in [0, 0.1) is 5.92 Å². The summed E-state index contributed by atoms with van der Waals surface area (Å²) in [4.78, 5) is 66.8. The third-order valence-electron chi connectivity index (χ3n) is 7.36. The maximum Gasteiger partial charge on any atom is 0.243 e. The number of Topliss-reactive ketones (excluding diaryl/α,β-unsaturated/α-hetero) is 1. The number of benzene rings is 2. The second kappa shape index (κ2) is 17.3. The van der Waals surface area contributed by atoms with Crippen molar-refractivity contribution in [2.24, 2.45) is 22.4 Å². The Bertz CT molecular complexity index is 1640. The lowest BCUT2D eigenvalue weighted by Gasteiger charge is -2.27. The van der Waals surface area contributed by atoms with E-state index in [2.05, 4.69) is 30.9 Å². The van der Waals surface area contributed by atoms with E-state index in [0.717, 1.165) is 10.3 Å². The lowest BCUT2D eigenvalue weighted by atomic mass is 10.00. The number of carbonyl (C=O) groups excluding carboxylic acids is 4. The van der Waals surface area contributed by atoms with Gasteiger partial charge >= 0.3 is 0 Å². The normalized spacial score (nSPS) is 13.0. The molecule has 47 heavy (non-hydrogen) atoms. The SMILES string of the molecule is CC(C)C(NC(=O)C(Cc1cscn1)NC(=O)CCc1ccccc1)C(=O)NC(CCCN=C(N)N)C(=O)c1nc2ccccc2s1. The van der Waals surface area contributed by atoms with E-state index in [4.69, 9.17) is 11.5 Å². The molecule has 248 valence electrons. The number of fused-ring (bicyclic) bond motifs is 1. The first kappa shape index (κ1) is 35.2. The number of carbonyl (C=O) groups is 4. The van der Waals surface area contributed by atoms with Crippen LogP contribution in [-0.2, 0) is 27.2 Å². The van der Waals surface area contributed by atoms with Crippen LogP contribution in [0.25, 0.3) is 10.2 Å². The second-order valence-corrected chi connectivity index (χ2v) is 13.1. The molecule has 0 aliphatic carbocycles. The predicted molar refractivity (Wildman–Crippen MR) is 185 cm³/mol. The molecule has 0 fully saturated rings. The summed E-state index contributed by atoms with van der Waals surface area (Å²) in [6, 6.07) is 14.1. The molecule has 0 saturated carbocycles. The van der Waals surface area contributed by atoms with Gasteiger partial charge in [0, 0.05) is 24.8 Å². The molecule has 2 aromatic heterocycles. The average Bonchev–Trinajstić information content (AvgIpc) is 3.73. The summed E-state index contributed by atoms with van der Waals surface area (Å²) in [6.45, 7) is 3.86. The first-order chi connectivity index (χ1) is 22.6. The fraction of sp³-hybridized carbons (Fsp3) is 0.364. The smallest absolute Gasteiger partial charge is 0.243 e. The zero-order chi connectivity index (χ0) is 33.8. The van der Waals surface area contributed by atoms with Gasteiger partial charge < -0.3 is 27.4 Å². The van der Waals surface area contributed by atoms with Crippen molar-refractivity contribution in [3.05, 3.63) is 81.8 Å². The molecule has 0 radical (unpaired) electrons. The van der Waals surface area contributed by atoms with Gasteiger partial charge in [-0.1, -0.05) is 56.3 Å². The van der Waals surface area contributed by atoms with Crippen LogP contribution in [0.2, 0.25) is 0 Å². The highest BCUT2D eigenvalue weighted by Crippen LogP contribution is 2.23. The number of hydrogen-bond acceptors (Lipinski definition) is 9. The predicted octanol–water partition coefficient (Wildman–Crippen LogP) is 2.98. The molecule has 4 aromatic rings. The third kappa shape index (κ3) is 10.7. The van der Waals surface area contributed by atoms with Crippen LogP contribution in [-0.4, -0.2) is 64.1 Å². The Morgan fingerprint density at radius 2 is 1.66 bits per heavy atom. The summed E-state index contributed by atoms with van der Waals surface area (Å²) >= 11 is 2.63. The van der Waals surface area contributed by atoms with Gasteiger partial charge in [0.2, 0.25) is 23.5 Å². The number of rotatable bonds is 17. The molecule has 0 aliphatic rings. The van der Waals surface area contributed by atoms with Crippen LogP contribution < -0.4 is 27.4 Å². The van der Waals surface area contributed by atoms with Crippen molar-refractivity contribution in [3.63, 3.8) is 0 Å². The number of aliphatic imine (C=N–C) groups is 1. The van der Waals surface area contributed by atoms with Crippen molar-refractivity contribution in [3.8, 4) is 0 Å². The highest BCUT2D eigenvalue weighted by Gasteiger charge is 2.32. The van der Waals surface area contributed by atoms with E-state index in [1.54, 1.807) is 19.4 Å². The summed E-state index contributed by atoms with van der Waals surface area (Å²) in [7, 11) is 0. The lowest BCUT2D eigenvalue weighted by Crippen LogP contribution is -2.57. The molecule has 14 heteroatoms. The Labute approximate surface area is 281 Å². The Balaban J connectivity index is 1.47. The molecule has 3 amide bonds. The van der Waals surface area contributed by atoms with Gasteiger partial charge in [0.05, 0.1) is 27.5 Å². The number of ketones is 1. The number of amides is 3. The minimum atomic E-state index is -0.995. The highest BCUT2D eigenvalue weighted by molar-refractivity contribution is 7.20. The Morgan fingerprint density at radius 1 is 0.915 bits per heavy atom. The van der Waals surface area contributed by atoms with Gasteiger partial charge in [-0.25, -0.2) is 9.97 Å². The molecule has 2 aromatic carbocycles. The number of nitrogens with zero attached hydrogens (tertiary/aromatic N) is 3. The molecule has 0 aliphatic heterocycles. The van der Waals surface area contributed by atoms with Gasteiger partial charge in [0.1, 0.15) is 12.1 Å². The van der Waals surface area contributed by atoms with E-state index in [0.29, 0.717) is 24.1 Å². The van der Waals surface area contributed by atoms with Crippen LogP contribution in [0.4, 0.5) is 0 Å². The zero-order valence-electron chi connectivity index (χ0n) is 26.3. The van der Waals surface area contributed by atoms with E-state index in [1.807, 2.05) is 60.0 Å². The van der Waals surface area contributed by atoms with Crippen LogP contribution in [0.15, 0.2) is 70.5 Å². The first-order valence-electron chi connectivity index (χ1n) is 15.4. The first-order valence-corrected chi connectivity index (χ1v) is 17.1. The van der Waals surface area contributed by atoms with E-state index >= 15 is 0 Å². The largest absolute Gasteiger partial charge is 0.370 e. The minimum absolute atomic E-state index is 0.0648. The highest BCUT2D eigenvalue weighted by atomic mass is 32.1.